The van der Waals surface area contributed by atoms with Gasteiger partial charge in [-0.25, -0.2) is 0 Å². The number of nitrogens with zero attached hydrogens (tertiary/aromatic N) is 1. The summed E-state index contributed by atoms with van der Waals surface area (Å²) in [5, 5.41) is 9.05. The van der Waals surface area contributed by atoms with Crippen LogP contribution >= 0.6 is 11.8 Å². The lowest BCUT2D eigenvalue weighted by atomic mass is 10.2. The van der Waals surface area contributed by atoms with Crippen molar-refractivity contribution in [3.05, 3.63) is 35.9 Å². The molecule has 2 rings (SSSR count). The summed E-state index contributed by atoms with van der Waals surface area (Å²) in [5.41, 5.74) is 1.23. The third-order valence-corrected chi connectivity index (χ3v) is 4.02. The van der Waals surface area contributed by atoms with Gasteiger partial charge in [0.1, 0.15) is 0 Å². The van der Waals surface area contributed by atoms with Crippen LogP contribution in [-0.4, -0.2) is 54.1 Å². The Kier molecular flexibility index (Phi) is 5.69. The maximum Gasteiger partial charge on any atom is 0.232 e. The van der Waals surface area contributed by atoms with E-state index in [1.165, 1.54) is 5.56 Å². The summed E-state index contributed by atoms with van der Waals surface area (Å²) >= 11 is 1.62. The highest BCUT2D eigenvalue weighted by Gasteiger charge is 2.23. The Morgan fingerprint density at radius 3 is 2.95 bits per heavy atom. The third kappa shape index (κ3) is 4.53. The number of rotatable bonds is 5. The van der Waals surface area contributed by atoms with E-state index in [0.717, 1.165) is 5.75 Å². The van der Waals surface area contributed by atoms with E-state index in [-0.39, 0.29) is 18.6 Å². The van der Waals surface area contributed by atoms with Crippen molar-refractivity contribution in [2.24, 2.45) is 0 Å². The molecule has 0 aromatic heterocycles. The van der Waals surface area contributed by atoms with E-state index in [1.54, 1.807) is 16.7 Å². The maximum atomic E-state index is 12.0. The van der Waals surface area contributed by atoms with Gasteiger partial charge in [-0.05, 0) is 5.56 Å². The minimum Gasteiger partial charge on any atom is -0.394 e. The van der Waals surface area contributed by atoms with E-state index < -0.39 is 0 Å². The zero-order valence-corrected chi connectivity index (χ0v) is 11.6. The fraction of sp³-hybridized carbons (Fsp3) is 0.500. The number of carbonyl (C=O) groups excluding carboxylic acids is 1. The van der Waals surface area contributed by atoms with Crippen molar-refractivity contribution in [1.82, 2.24) is 4.90 Å². The Morgan fingerprint density at radius 1 is 1.42 bits per heavy atom. The summed E-state index contributed by atoms with van der Waals surface area (Å²) in [4.78, 5) is 13.8. The molecule has 1 amide bonds. The van der Waals surface area contributed by atoms with Gasteiger partial charge >= 0.3 is 0 Å². The lowest BCUT2D eigenvalue weighted by Crippen LogP contribution is -2.47. The first-order valence-electron chi connectivity index (χ1n) is 6.41. The van der Waals surface area contributed by atoms with Gasteiger partial charge in [-0.15, -0.1) is 11.8 Å². The highest BCUT2D eigenvalue weighted by atomic mass is 32.2. The van der Waals surface area contributed by atoms with Gasteiger partial charge in [0.25, 0.3) is 0 Å². The monoisotopic (exact) mass is 281 g/mol. The molecule has 0 radical (unpaired) electrons. The van der Waals surface area contributed by atoms with E-state index in [2.05, 4.69) is 12.1 Å². The fourth-order valence-corrected chi connectivity index (χ4v) is 2.87. The molecule has 0 aliphatic carbocycles. The van der Waals surface area contributed by atoms with Gasteiger partial charge in [-0.1, -0.05) is 30.3 Å². The van der Waals surface area contributed by atoms with Crippen molar-refractivity contribution in [2.75, 3.05) is 32.1 Å². The molecule has 1 atom stereocenters. The maximum absolute atomic E-state index is 12.0. The molecule has 0 spiro atoms. The number of aliphatic hydroxyl groups is 1. The Hall–Kier alpha value is -1.04. The molecule has 1 aliphatic heterocycles. The van der Waals surface area contributed by atoms with Gasteiger partial charge in [-0.3, -0.25) is 4.79 Å². The smallest absolute Gasteiger partial charge is 0.232 e. The van der Waals surface area contributed by atoms with Crippen molar-refractivity contribution >= 4 is 17.7 Å². The fourth-order valence-electron chi connectivity index (χ4n) is 1.98. The van der Waals surface area contributed by atoms with Gasteiger partial charge < -0.3 is 14.7 Å². The molecule has 1 N–H and O–H groups in total. The highest BCUT2D eigenvalue weighted by Crippen LogP contribution is 2.13. The average Bonchev–Trinajstić information content (AvgIpc) is 2.48. The van der Waals surface area contributed by atoms with Crippen LogP contribution in [0.1, 0.15) is 5.56 Å². The van der Waals surface area contributed by atoms with E-state index in [4.69, 9.17) is 9.84 Å². The standard InChI is InChI=1S/C14H19NO3S/c16-9-13-8-15(6-7-18-13)14(17)11-19-10-12-4-2-1-3-5-12/h1-5,13,16H,6-11H2. The summed E-state index contributed by atoms with van der Waals surface area (Å²) in [5.74, 6) is 1.45. The second-order valence-electron chi connectivity index (χ2n) is 4.49. The molecule has 5 heteroatoms. The van der Waals surface area contributed by atoms with E-state index in [1.807, 2.05) is 18.2 Å². The van der Waals surface area contributed by atoms with Crippen molar-refractivity contribution in [3.63, 3.8) is 0 Å². The molecule has 19 heavy (non-hydrogen) atoms. The Balaban J connectivity index is 1.72. The number of benzene rings is 1. The molecule has 0 bridgehead atoms. The molecule has 4 nitrogen and oxygen atoms in total. The van der Waals surface area contributed by atoms with Gasteiger partial charge in [0, 0.05) is 18.8 Å². The normalized spacial score (nSPS) is 19.4. The number of morpholine rings is 1. The topological polar surface area (TPSA) is 49.8 Å². The Bertz CT molecular complexity index is 399. The predicted octanol–water partition coefficient (Wildman–Crippen LogP) is 1.14. The first kappa shape index (κ1) is 14.4. The van der Waals surface area contributed by atoms with Crippen LogP contribution in [0.25, 0.3) is 0 Å². The Morgan fingerprint density at radius 2 is 2.21 bits per heavy atom. The number of thioether (sulfide) groups is 1. The molecule has 104 valence electrons. The van der Waals surface area contributed by atoms with Crippen LogP contribution in [0.2, 0.25) is 0 Å². The highest BCUT2D eigenvalue weighted by molar-refractivity contribution is 7.99. The second-order valence-corrected chi connectivity index (χ2v) is 5.48. The molecule has 1 unspecified atom stereocenters. The number of hydrogen-bond acceptors (Lipinski definition) is 4. The van der Waals surface area contributed by atoms with Crippen LogP contribution in [0.3, 0.4) is 0 Å². The SMILES string of the molecule is O=C(CSCc1ccccc1)N1CCOC(CO)C1. The summed E-state index contributed by atoms with van der Waals surface area (Å²) < 4.78 is 5.33. The molecule has 1 heterocycles. The van der Waals surface area contributed by atoms with Crippen LogP contribution in [0, 0.1) is 0 Å². The quantitative estimate of drug-likeness (QED) is 0.879. The molecule has 1 saturated heterocycles. The molecular weight excluding hydrogens is 262 g/mol. The third-order valence-electron chi connectivity index (χ3n) is 3.03. The Labute approximate surface area is 117 Å². The lowest BCUT2D eigenvalue weighted by molar-refractivity contribution is -0.137. The van der Waals surface area contributed by atoms with Crippen molar-refractivity contribution < 1.29 is 14.6 Å². The van der Waals surface area contributed by atoms with E-state index in [9.17, 15) is 4.79 Å². The predicted molar refractivity (Wildman–Crippen MR) is 76.0 cm³/mol. The first-order chi connectivity index (χ1) is 9.29. The van der Waals surface area contributed by atoms with Gasteiger partial charge in [-0.2, -0.15) is 0 Å². The molecular formula is C14H19NO3S. The van der Waals surface area contributed by atoms with E-state index >= 15 is 0 Å². The largest absolute Gasteiger partial charge is 0.394 e. The van der Waals surface area contributed by atoms with Gasteiger partial charge in [0.15, 0.2) is 0 Å². The van der Waals surface area contributed by atoms with Gasteiger partial charge in [0.05, 0.1) is 25.1 Å². The molecule has 1 aromatic carbocycles. The van der Waals surface area contributed by atoms with Crippen LogP contribution in [0.5, 0.6) is 0 Å². The summed E-state index contributed by atoms with van der Waals surface area (Å²) in [6.45, 7) is 1.61. The molecule has 1 fully saturated rings. The summed E-state index contributed by atoms with van der Waals surface area (Å²) in [7, 11) is 0. The van der Waals surface area contributed by atoms with Crippen LogP contribution in [-0.2, 0) is 15.3 Å². The number of aliphatic hydroxyl groups excluding tert-OH is 1. The number of amides is 1. The minimum absolute atomic E-state index is 0.0268. The van der Waals surface area contributed by atoms with Crippen molar-refractivity contribution in [3.8, 4) is 0 Å². The number of ether oxygens (including phenoxy) is 1. The van der Waals surface area contributed by atoms with Crippen molar-refractivity contribution in [1.29, 1.82) is 0 Å². The molecule has 0 saturated carbocycles. The minimum atomic E-state index is -0.225. The molecule has 1 aromatic rings. The zero-order chi connectivity index (χ0) is 13.5. The lowest BCUT2D eigenvalue weighted by Gasteiger charge is -2.32. The average molecular weight is 281 g/mol. The second kappa shape index (κ2) is 7.53. The van der Waals surface area contributed by atoms with E-state index in [0.29, 0.717) is 25.4 Å². The zero-order valence-electron chi connectivity index (χ0n) is 10.8. The summed E-state index contributed by atoms with van der Waals surface area (Å²) in [6, 6.07) is 10.1. The number of hydrogen-bond donors (Lipinski definition) is 1. The van der Waals surface area contributed by atoms with Crippen LogP contribution in [0.15, 0.2) is 30.3 Å². The van der Waals surface area contributed by atoms with Crippen LogP contribution < -0.4 is 0 Å². The molecule has 1 aliphatic rings. The van der Waals surface area contributed by atoms with Crippen molar-refractivity contribution in [2.45, 2.75) is 11.9 Å². The summed E-state index contributed by atoms with van der Waals surface area (Å²) in [6.07, 6.45) is -0.225. The van der Waals surface area contributed by atoms with Gasteiger partial charge in [0.2, 0.25) is 5.91 Å². The first-order valence-corrected chi connectivity index (χ1v) is 7.57. The van der Waals surface area contributed by atoms with Crippen LogP contribution in [0.4, 0.5) is 0 Å². The number of carbonyl (C=O) groups is 1.